The van der Waals surface area contributed by atoms with Gasteiger partial charge in [-0.1, -0.05) is 12.1 Å². The molecule has 0 bridgehead atoms. The zero-order chi connectivity index (χ0) is 20.1. The molecule has 0 aliphatic carbocycles. The lowest BCUT2D eigenvalue weighted by Crippen LogP contribution is -2.48. The molecule has 2 fully saturated rings. The molecule has 0 saturated carbocycles. The van der Waals surface area contributed by atoms with E-state index in [9.17, 15) is 17.6 Å². The highest BCUT2D eigenvalue weighted by molar-refractivity contribution is 7.88. The van der Waals surface area contributed by atoms with E-state index in [1.54, 1.807) is 12.1 Å². The number of piperidine rings is 1. The lowest BCUT2D eigenvalue weighted by atomic mass is 9.98. The van der Waals surface area contributed by atoms with Crippen LogP contribution in [0.4, 0.5) is 4.39 Å². The molecule has 1 aromatic carbocycles. The highest BCUT2D eigenvalue weighted by Crippen LogP contribution is 2.23. The van der Waals surface area contributed by atoms with Crippen LogP contribution in [0.2, 0.25) is 0 Å². The molecule has 7 nitrogen and oxygen atoms in total. The monoisotopic (exact) mass is 413 g/mol. The Morgan fingerprint density at radius 1 is 1.25 bits per heavy atom. The Labute approximate surface area is 165 Å². The first-order valence-corrected chi connectivity index (χ1v) is 11.5. The molecule has 0 radical (unpaired) electrons. The Kier molecular flexibility index (Phi) is 7.03. The van der Waals surface area contributed by atoms with Crippen molar-refractivity contribution in [3.63, 3.8) is 0 Å². The third-order valence-corrected chi connectivity index (χ3v) is 6.70. The Hall–Kier alpha value is -1.55. The van der Waals surface area contributed by atoms with Crippen LogP contribution in [0.5, 0.6) is 0 Å². The van der Waals surface area contributed by atoms with Crippen molar-refractivity contribution < 1.29 is 22.3 Å². The molecule has 0 spiro atoms. The Morgan fingerprint density at radius 2 is 1.93 bits per heavy atom. The number of carbonyl (C=O) groups is 1. The standard InChI is InChI=1S/C19H28FN3O4S/c1-28(25,26)23-8-2-3-16(14-23)19(24)21-13-18(22-9-11-27-12-10-22)15-4-6-17(20)7-5-15/h4-7,16,18H,2-3,8-14H2,1H3,(H,21,24). The van der Waals surface area contributed by atoms with Crippen molar-refractivity contribution in [3.8, 4) is 0 Å². The van der Waals surface area contributed by atoms with E-state index in [-0.39, 0.29) is 30.2 Å². The van der Waals surface area contributed by atoms with Gasteiger partial charge in [-0.2, -0.15) is 0 Å². The Morgan fingerprint density at radius 3 is 2.57 bits per heavy atom. The van der Waals surface area contributed by atoms with Gasteiger partial charge in [-0.25, -0.2) is 17.1 Å². The summed E-state index contributed by atoms with van der Waals surface area (Å²) < 4.78 is 43.7. The number of ether oxygens (including phenoxy) is 1. The van der Waals surface area contributed by atoms with E-state index in [1.807, 2.05) is 0 Å². The Balaban J connectivity index is 1.65. The maximum absolute atomic E-state index is 13.3. The predicted molar refractivity (Wildman–Crippen MR) is 104 cm³/mol. The zero-order valence-corrected chi connectivity index (χ0v) is 17.0. The van der Waals surface area contributed by atoms with Crippen LogP contribution in [-0.4, -0.2) is 75.7 Å². The molecule has 2 aliphatic rings. The summed E-state index contributed by atoms with van der Waals surface area (Å²) >= 11 is 0. The van der Waals surface area contributed by atoms with Crippen LogP contribution in [0, 0.1) is 11.7 Å². The van der Waals surface area contributed by atoms with Crippen LogP contribution in [0.15, 0.2) is 24.3 Å². The lowest BCUT2D eigenvalue weighted by Gasteiger charge is -2.35. The number of sulfonamides is 1. The second kappa shape index (κ2) is 9.30. The summed E-state index contributed by atoms with van der Waals surface area (Å²) in [5, 5.41) is 3.00. The van der Waals surface area contributed by atoms with Gasteiger partial charge in [-0.3, -0.25) is 9.69 Å². The maximum atomic E-state index is 13.3. The lowest BCUT2D eigenvalue weighted by molar-refractivity contribution is -0.126. The number of morpholine rings is 1. The highest BCUT2D eigenvalue weighted by atomic mass is 32.2. The van der Waals surface area contributed by atoms with Gasteiger partial charge >= 0.3 is 0 Å². The molecule has 2 heterocycles. The molecule has 9 heteroatoms. The van der Waals surface area contributed by atoms with Gasteiger partial charge in [0.05, 0.1) is 31.4 Å². The van der Waals surface area contributed by atoms with Crippen molar-refractivity contribution in [2.75, 3.05) is 52.2 Å². The first kappa shape index (κ1) is 21.2. The molecule has 156 valence electrons. The van der Waals surface area contributed by atoms with Gasteiger partial charge in [0, 0.05) is 32.7 Å². The summed E-state index contributed by atoms with van der Waals surface area (Å²) in [5.74, 6) is -0.771. The average Bonchev–Trinajstić information content (AvgIpc) is 2.69. The molecule has 1 N–H and O–H groups in total. The summed E-state index contributed by atoms with van der Waals surface area (Å²) in [5.41, 5.74) is 0.935. The van der Waals surface area contributed by atoms with E-state index in [0.29, 0.717) is 39.1 Å². The normalized spacial score (nSPS) is 23.3. The molecular weight excluding hydrogens is 385 g/mol. The van der Waals surface area contributed by atoms with Crippen LogP contribution in [-0.2, 0) is 19.6 Å². The fraction of sp³-hybridized carbons (Fsp3) is 0.632. The van der Waals surface area contributed by atoms with E-state index in [1.165, 1.54) is 22.7 Å². The fourth-order valence-electron chi connectivity index (χ4n) is 3.83. The number of amides is 1. The minimum absolute atomic E-state index is 0.0805. The van der Waals surface area contributed by atoms with Crippen molar-refractivity contribution in [2.45, 2.75) is 18.9 Å². The molecular formula is C19H28FN3O4S. The second-order valence-electron chi connectivity index (χ2n) is 7.42. The maximum Gasteiger partial charge on any atom is 0.224 e. The van der Waals surface area contributed by atoms with Crippen molar-refractivity contribution in [2.24, 2.45) is 5.92 Å². The summed E-state index contributed by atoms with van der Waals surface area (Å²) in [4.78, 5) is 14.9. The molecule has 2 saturated heterocycles. The van der Waals surface area contributed by atoms with Gasteiger partial charge in [-0.05, 0) is 30.5 Å². The number of nitrogens with zero attached hydrogens (tertiary/aromatic N) is 2. The number of nitrogens with one attached hydrogen (secondary N) is 1. The molecule has 3 rings (SSSR count). The van der Waals surface area contributed by atoms with Gasteiger partial charge < -0.3 is 10.1 Å². The largest absolute Gasteiger partial charge is 0.379 e. The number of benzene rings is 1. The minimum atomic E-state index is -3.29. The van der Waals surface area contributed by atoms with Crippen LogP contribution in [0.3, 0.4) is 0 Å². The van der Waals surface area contributed by atoms with Gasteiger partial charge in [0.25, 0.3) is 0 Å². The van der Waals surface area contributed by atoms with E-state index in [2.05, 4.69) is 10.2 Å². The van der Waals surface area contributed by atoms with Crippen molar-refractivity contribution in [3.05, 3.63) is 35.6 Å². The highest BCUT2D eigenvalue weighted by Gasteiger charge is 2.31. The van der Waals surface area contributed by atoms with E-state index in [0.717, 1.165) is 18.7 Å². The fourth-order valence-corrected chi connectivity index (χ4v) is 4.74. The quantitative estimate of drug-likeness (QED) is 0.752. The second-order valence-corrected chi connectivity index (χ2v) is 9.40. The zero-order valence-electron chi connectivity index (χ0n) is 16.1. The molecule has 1 aromatic rings. The first-order chi connectivity index (χ1) is 13.3. The van der Waals surface area contributed by atoms with Crippen LogP contribution in [0.25, 0.3) is 0 Å². The molecule has 2 unspecified atom stereocenters. The van der Waals surface area contributed by atoms with Gasteiger partial charge in [0.2, 0.25) is 15.9 Å². The minimum Gasteiger partial charge on any atom is -0.379 e. The summed E-state index contributed by atoms with van der Waals surface area (Å²) in [6.45, 7) is 3.80. The average molecular weight is 414 g/mol. The van der Waals surface area contributed by atoms with Gasteiger partial charge in [-0.15, -0.1) is 0 Å². The molecule has 1 amide bonds. The van der Waals surface area contributed by atoms with E-state index in [4.69, 9.17) is 4.74 Å². The molecule has 2 atom stereocenters. The van der Waals surface area contributed by atoms with Crippen molar-refractivity contribution in [1.82, 2.24) is 14.5 Å². The topological polar surface area (TPSA) is 79.0 Å². The van der Waals surface area contributed by atoms with Gasteiger partial charge in [0.1, 0.15) is 5.82 Å². The van der Waals surface area contributed by atoms with Crippen LogP contribution in [0.1, 0.15) is 24.4 Å². The van der Waals surface area contributed by atoms with Crippen LogP contribution < -0.4 is 5.32 Å². The third-order valence-electron chi connectivity index (χ3n) is 5.43. The number of rotatable bonds is 6. The SMILES string of the molecule is CS(=O)(=O)N1CCCC(C(=O)NCC(c2ccc(F)cc2)N2CCOCC2)C1. The van der Waals surface area contributed by atoms with Crippen molar-refractivity contribution in [1.29, 1.82) is 0 Å². The summed E-state index contributed by atoms with van der Waals surface area (Å²) in [6.07, 6.45) is 2.53. The smallest absolute Gasteiger partial charge is 0.224 e. The van der Waals surface area contributed by atoms with E-state index >= 15 is 0 Å². The third kappa shape index (κ3) is 5.50. The number of hydrogen-bond donors (Lipinski definition) is 1. The first-order valence-electron chi connectivity index (χ1n) is 9.64. The molecule has 28 heavy (non-hydrogen) atoms. The Bertz CT molecular complexity index is 766. The number of hydrogen-bond acceptors (Lipinski definition) is 5. The van der Waals surface area contributed by atoms with Gasteiger partial charge in [0.15, 0.2) is 0 Å². The molecule has 2 aliphatic heterocycles. The van der Waals surface area contributed by atoms with Crippen LogP contribution >= 0.6 is 0 Å². The number of halogens is 1. The van der Waals surface area contributed by atoms with Crippen molar-refractivity contribution >= 4 is 15.9 Å². The molecule has 0 aromatic heterocycles. The summed E-state index contributed by atoms with van der Waals surface area (Å²) in [6, 6.07) is 6.26. The number of carbonyl (C=O) groups excluding carboxylic acids is 1. The predicted octanol–water partition coefficient (Wildman–Crippen LogP) is 0.987. The summed E-state index contributed by atoms with van der Waals surface area (Å²) in [7, 11) is -3.29. The van der Waals surface area contributed by atoms with E-state index < -0.39 is 10.0 Å².